The zero-order valence-electron chi connectivity index (χ0n) is 11.4. The Morgan fingerprint density at radius 2 is 1.95 bits per heavy atom. The normalized spacial score (nSPS) is 23.1. The van der Waals surface area contributed by atoms with Gasteiger partial charge < -0.3 is 21.5 Å². The molecular formula is C13H23N5O. The number of nitrogens with two attached hydrogens (primary N) is 1. The van der Waals surface area contributed by atoms with Crippen molar-refractivity contribution in [3.05, 3.63) is 6.07 Å². The Morgan fingerprint density at radius 1 is 1.26 bits per heavy atom. The lowest BCUT2D eigenvalue weighted by molar-refractivity contribution is 0.126. The van der Waals surface area contributed by atoms with Crippen molar-refractivity contribution in [3.63, 3.8) is 0 Å². The molecule has 0 unspecified atom stereocenters. The molecule has 1 saturated carbocycles. The quantitative estimate of drug-likeness (QED) is 0.646. The minimum atomic E-state index is -0.143. The van der Waals surface area contributed by atoms with E-state index in [-0.39, 0.29) is 12.1 Å². The Bertz CT molecular complexity index is 404. The lowest BCUT2D eigenvalue weighted by Gasteiger charge is -2.26. The molecule has 0 atom stereocenters. The average molecular weight is 265 g/mol. The van der Waals surface area contributed by atoms with Crippen LogP contribution in [0.5, 0.6) is 0 Å². The molecule has 106 valence electrons. The summed E-state index contributed by atoms with van der Waals surface area (Å²) in [6.07, 6.45) is 4.51. The van der Waals surface area contributed by atoms with E-state index < -0.39 is 0 Å². The fourth-order valence-electron chi connectivity index (χ4n) is 2.31. The van der Waals surface area contributed by atoms with Crippen LogP contribution in [0.1, 0.15) is 39.0 Å². The minimum absolute atomic E-state index is 0.143. The standard InChI is InChI=1S/C13H23N5O/c1-2-7-15-11-8-12(18-13(14)17-11)16-9-3-5-10(19)6-4-9/h8-10,19H,2-7H2,1H3,(H4,14,15,16,17,18). The van der Waals surface area contributed by atoms with Crippen molar-refractivity contribution in [2.45, 2.75) is 51.2 Å². The summed E-state index contributed by atoms with van der Waals surface area (Å²) in [4.78, 5) is 8.36. The summed E-state index contributed by atoms with van der Waals surface area (Å²) >= 11 is 0. The molecule has 1 aliphatic carbocycles. The second-order valence-corrected chi connectivity index (χ2v) is 5.07. The van der Waals surface area contributed by atoms with E-state index in [2.05, 4.69) is 27.5 Å². The molecule has 6 heteroatoms. The van der Waals surface area contributed by atoms with Crippen LogP contribution in [0.4, 0.5) is 17.6 Å². The van der Waals surface area contributed by atoms with E-state index >= 15 is 0 Å². The zero-order chi connectivity index (χ0) is 13.7. The van der Waals surface area contributed by atoms with Gasteiger partial charge in [0.1, 0.15) is 11.6 Å². The third-order valence-corrected chi connectivity index (χ3v) is 3.35. The van der Waals surface area contributed by atoms with Crippen LogP contribution in [-0.4, -0.2) is 33.8 Å². The summed E-state index contributed by atoms with van der Waals surface area (Å²) < 4.78 is 0. The molecular weight excluding hydrogens is 242 g/mol. The third-order valence-electron chi connectivity index (χ3n) is 3.35. The van der Waals surface area contributed by atoms with Crippen molar-refractivity contribution in [3.8, 4) is 0 Å². The summed E-state index contributed by atoms with van der Waals surface area (Å²) in [5.74, 6) is 1.79. The second-order valence-electron chi connectivity index (χ2n) is 5.07. The molecule has 1 aromatic heterocycles. The van der Waals surface area contributed by atoms with Crippen LogP contribution >= 0.6 is 0 Å². The molecule has 19 heavy (non-hydrogen) atoms. The zero-order valence-corrected chi connectivity index (χ0v) is 11.4. The van der Waals surface area contributed by atoms with E-state index in [9.17, 15) is 5.11 Å². The highest BCUT2D eigenvalue weighted by molar-refractivity contribution is 5.51. The molecule has 5 N–H and O–H groups in total. The number of aliphatic hydroxyl groups excluding tert-OH is 1. The van der Waals surface area contributed by atoms with Crippen LogP contribution in [-0.2, 0) is 0 Å². The fourth-order valence-corrected chi connectivity index (χ4v) is 2.31. The molecule has 0 radical (unpaired) electrons. The largest absolute Gasteiger partial charge is 0.393 e. The summed E-state index contributed by atoms with van der Waals surface area (Å²) in [5, 5.41) is 16.1. The van der Waals surface area contributed by atoms with Gasteiger partial charge in [-0.05, 0) is 32.1 Å². The maximum atomic E-state index is 9.49. The van der Waals surface area contributed by atoms with E-state index in [0.717, 1.165) is 50.3 Å². The molecule has 2 rings (SSSR count). The van der Waals surface area contributed by atoms with Gasteiger partial charge in [-0.3, -0.25) is 0 Å². The van der Waals surface area contributed by atoms with E-state index in [1.165, 1.54) is 0 Å². The number of hydrogen-bond acceptors (Lipinski definition) is 6. The van der Waals surface area contributed by atoms with Gasteiger partial charge in [-0.2, -0.15) is 9.97 Å². The predicted octanol–water partition coefficient (Wildman–Crippen LogP) is 1.60. The monoisotopic (exact) mass is 265 g/mol. The first kappa shape index (κ1) is 13.9. The van der Waals surface area contributed by atoms with Gasteiger partial charge in [-0.15, -0.1) is 0 Å². The van der Waals surface area contributed by atoms with Crippen molar-refractivity contribution in [2.75, 3.05) is 22.9 Å². The highest BCUT2D eigenvalue weighted by Crippen LogP contribution is 2.22. The van der Waals surface area contributed by atoms with Crippen molar-refractivity contribution in [1.82, 2.24) is 9.97 Å². The van der Waals surface area contributed by atoms with Gasteiger partial charge in [0.2, 0.25) is 5.95 Å². The molecule has 0 amide bonds. The number of rotatable bonds is 5. The van der Waals surface area contributed by atoms with Gasteiger partial charge in [-0.1, -0.05) is 6.92 Å². The fraction of sp³-hybridized carbons (Fsp3) is 0.692. The molecule has 0 spiro atoms. The summed E-state index contributed by atoms with van der Waals surface area (Å²) in [6.45, 7) is 2.97. The first-order chi connectivity index (χ1) is 9.17. The number of nitrogen functional groups attached to an aromatic ring is 1. The third kappa shape index (κ3) is 4.24. The van der Waals surface area contributed by atoms with Crippen LogP contribution in [0.15, 0.2) is 6.07 Å². The summed E-state index contributed by atoms with van der Waals surface area (Å²) in [7, 11) is 0. The van der Waals surface area contributed by atoms with Crippen LogP contribution in [0.3, 0.4) is 0 Å². The highest BCUT2D eigenvalue weighted by Gasteiger charge is 2.19. The van der Waals surface area contributed by atoms with Crippen LogP contribution in [0.2, 0.25) is 0 Å². The van der Waals surface area contributed by atoms with Gasteiger partial charge in [-0.25, -0.2) is 0 Å². The van der Waals surface area contributed by atoms with Crippen molar-refractivity contribution in [2.24, 2.45) is 0 Å². The predicted molar refractivity (Wildman–Crippen MR) is 77.1 cm³/mol. The number of aliphatic hydroxyl groups is 1. The molecule has 1 aromatic rings. The SMILES string of the molecule is CCCNc1cc(NC2CCC(O)CC2)nc(N)n1. The minimum Gasteiger partial charge on any atom is -0.393 e. The topological polar surface area (TPSA) is 96.1 Å². The Balaban J connectivity index is 1.97. The van der Waals surface area contributed by atoms with Gasteiger partial charge in [0.05, 0.1) is 6.10 Å². The maximum absolute atomic E-state index is 9.49. The van der Waals surface area contributed by atoms with Crippen LogP contribution in [0, 0.1) is 0 Å². The highest BCUT2D eigenvalue weighted by atomic mass is 16.3. The number of nitrogens with one attached hydrogen (secondary N) is 2. The van der Waals surface area contributed by atoms with E-state index in [0.29, 0.717) is 6.04 Å². The van der Waals surface area contributed by atoms with Gasteiger partial charge in [0.25, 0.3) is 0 Å². The number of anilines is 3. The summed E-state index contributed by atoms with van der Waals surface area (Å²) in [5.41, 5.74) is 5.72. The molecule has 0 aromatic carbocycles. The molecule has 1 fully saturated rings. The van der Waals surface area contributed by atoms with Crippen molar-refractivity contribution < 1.29 is 5.11 Å². The van der Waals surface area contributed by atoms with Crippen molar-refractivity contribution in [1.29, 1.82) is 0 Å². The molecule has 1 heterocycles. The molecule has 0 saturated heterocycles. The van der Waals surface area contributed by atoms with E-state index in [1.807, 2.05) is 6.07 Å². The van der Waals surface area contributed by atoms with Gasteiger partial charge in [0, 0.05) is 18.7 Å². The maximum Gasteiger partial charge on any atom is 0.223 e. The Hall–Kier alpha value is -1.56. The van der Waals surface area contributed by atoms with Crippen LogP contribution < -0.4 is 16.4 Å². The molecule has 0 bridgehead atoms. The first-order valence-electron chi connectivity index (χ1n) is 7.00. The first-order valence-corrected chi connectivity index (χ1v) is 7.00. The van der Waals surface area contributed by atoms with E-state index in [4.69, 9.17) is 5.73 Å². The molecule has 6 nitrogen and oxygen atoms in total. The molecule has 1 aliphatic rings. The lowest BCUT2D eigenvalue weighted by atomic mass is 9.93. The smallest absolute Gasteiger partial charge is 0.223 e. The Morgan fingerprint density at radius 3 is 2.63 bits per heavy atom. The number of aromatic nitrogens is 2. The Labute approximate surface area is 113 Å². The molecule has 0 aliphatic heterocycles. The van der Waals surface area contributed by atoms with Crippen molar-refractivity contribution >= 4 is 17.6 Å². The lowest BCUT2D eigenvalue weighted by Crippen LogP contribution is -2.28. The van der Waals surface area contributed by atoms with Crippen LogP contribution in [0.25, 0.3) is 0 Å². The second kappa shape index (κ2) is 6.56. The van der Waals surface area contributed by atoms with E-state index in [1.54, 1.807) is 0 Å². The number of nitrogens with zero attached hydrogens (tertiary/aromatic N) is 2. The average Bonchev–Trinajstić information content (AvgIpc) is 2.38. The number of hydrogen-bond donors (Lipinski definition) is 4. The van der Waals surface area contributed by atoms with Gasteiger partial charge in [0.15, 0.2) is 0 Å². The van der Waals surface area contributed by atoms with Gasteiger partial charge >= 0.3 is 0 Å². The summed E-state index contributed by atoms with van der Waals surface area (Å²) in [6, 6.07) is 2.24. The Kier molecular flexibility index (Phi) is 4.79.